The van der Waals surface area contributed by atoms with Crippen molar-refractivity contribution < 1.29 is 13.2 Å². The molecule has 1 saturated carbocycles. The molecule has 5 nitrogen and oxygen atoms in total. The Balaban J connectivity index is 1.64. The quantitative estimate of drug-likeness (QED) is 0.893. The second kappa shape index (κ2) is 7.87. The zero-order chi connectivity index (χ0) is 17.9. The number of nitrogens with zero attached hydrogens (tertiary/aromatic N) is 1. The fourth-order valence-electron chi connectivity index (χ4n) is 3.82. The molecule has 2 fully saturated rings. The van der Waals surface area contributed by atoms with E-state index in [1.54, 1.807) is 12.1 Å². The highest BCUT2D eigenvalue weighted by Gasteiger charge is 2.32. The van der Waals surface area contributed by atoms with E-state index in [0.717, 1.165) is 44.1 Å². The van der Waals surface area contributed by atoms with E-state index in [1.807, 2.05) is 19.1 Å². The van der Waals surface area contributed by atoms with Crippen LogP contribution in [0.25, 0.3) is 0 Å². The van der Waals surface area contributed by atoms with E-state index < -0.39 is 10.0 Å². The Bertz CT molecular complexity index is 694. The van der Waals surface area contributed by atoms with Gasteiger partial charge in [0, 0.05) is 25.0 Å². The van der Waals surface area contributed by atoms with Crippen molar-refractivity contribution in [1.82, 2.24) is 9.62 Å². The molecule has 0 radical (unpaired) electrons. The van der Waals surface area contributed by atoms with E-state index in [-0.39, 0.29) is 17.9 Å². The molecule has 25 heavy (non-hydrogen) atoms. The van der Waals surface area contributed by atoms with Gasteiger partial charge < -0.3 is 5.32 Å². The van der Waals surface area contributed by atoms with Crippen LogP contribution in [0.1, 0.15) is 50.5 Å². The van der Waals surface area contributed by atoms with Gasteiger partial charge in [0.25, 0.3) is 0 Å². The fourth-order valence-corrected chi connectivity index (χ4v) is 5.35. The minimum absolute atomic E-state index is 0.0802. The summed E-state index contributed by atoms with van der Waals surface area (Å²) in [4.78, 5) is 12.8. The zero-order valence-corrected chi connectivity index (χ0v) is 15.7. The summed E-state index contributed by atoms with van der Waals surface area (Å²) in [7, 11) is -3.49. The van der Waals surface area contributed by atoms with Gasteiger partial charge in [-0.1, -0.05) is 37.0 Å². The number of hydrogen-bond donors (Lipinski definition) is 1. The summed E-state index contributed by atoms with van der Waals surface area (Å²) in [6.07, 6.45) is 7.01. The van der Waals surface area contributed by atoms with E-state index in [1.165, 1.54) is 10.7 Å². The number of piperidine rings is 1. The van der Waals surface area contributed by atoms with Crippen LogP contribution >= 0.6 is 0 Å². The number of nitrogens with one attached hydrogen (secondary N) is 1. The highest BCUT2D eigenvalue weighted by Crippen LogP contribution is 2.25. The first-order valence-electron chi connectivity index (χ1n) is 9.34. The van der Waals surface area contributed by atoms with Crippen molar-refractivity contribution in [1.29, 1.82) is 0 Å². The van der Waals surface area contributed by atoms with Crippen LogP contribution in [-0.4, -0.2) is 37.8 Å². The van der Waals surface area contributed by atoms with Crippen molar-refractivity contribution in [2.45, 2.75) is 62.8 Å². The molecule has 1 N–H and O–H groups in total. The molecule has 1 amide bonds. The zero-order valence-electron chi connectivity index (χ0n) is 14.9. The average Bonchev–Trinajstić information content (AvgIpc) is 2.63. The molecule has 0 aromatic heterocycles. The minimum atomic E-state index is -3.49. The standard InChI is InChI=1S/C19H28N2O3S/c1-15-9-11-18(12-10-15)25(23,24)21-13-5-8-17(14-21)20-19(22)16-6-3-2-4-7-16/h9-12,16-17H,2-8,13-14H2,1H3,(H,20,22). The number of hydrogen-bond acceptors (Lipinski definition) is 3. The Morgan fingerprint density at radius 3 is 2.40 bits per heavy atom. The first-order chi connectivity index (χ1) is 12.0. The van der Waals surface area contributed by atoms with Crippen LogP contribution < -0.4 is 5.32 Å². The van der Waals surface area contributed by atoms with Gasteiger partial charge in [-0.25, -0.2) is 8.42 Å². The lowest BCUT2D eigenvalue weighted by Gasteiger charge is -2.33. The van der Waals surface area contributed by atoms with Gasteiger partial charge in [0.1, 0.15) is 0 Å². The third-order valence-corrected chi connectivity index (χ3v) is 7.24. The predicted molar refractivity (Wildman–Crippen MR) is 97.7 cm³/mol. The molecular formula is C19H28N2O3S. The fraction of sp³-hybridized carbons (Fsp3) is 0.632. The van der Waals surface area contributed by atoms with Crippen LogP contribution in [0.3, 0.4) is 0 Å². The topological polar surface area (TPSA) is 66.5 Å². The maximum absolute atomic E-state index is 12.8. The van der Waals surface area contributed by atoms with Crippen LogP contribution in [0.2, 0.25) is 0 Å². The Labute approximate surface area is 150 Å². The highest BCUT2D eigenvalue weighted by molar-refractivity contribution is 7.89. The molecule has 1 heterocycles. The van der Waals surface area contributed by atoms with Gasteiger partial charge in [0.05, 0.1) is 4.90 Å². The Morgan fingerprint density at radius 2 is 1.72 bits per heavy atom. The molecule has 1 aliphatic heterocycles. The SMILES string of the molecule is Cc1ccc(S(=O)(=O)N2CCCC(NC(=O)C3CCCCC3)C2)cc1. The lowest BCUT2D eigenvalue weighted by molar-refractivity contribution is -0.126. The van der Waals surface area contributed by atoms with E-state index in [4.69, 9.17) is 0 Å². The third kappa shape index (κ3) is 4.42. The largest absolute Gasteiger partial charge is 0.352 e. The minimum Gasteiger partial charge on any atom is -0.352 e. The summed E-state index contributed by atoms with van der Waals surface area (Å²) in [5, 5.41) is 3.11. The van der Waals surface area contributed by atoms with Crippen LogP contribution in [0, 0.1) is 12.8 Å². The summed E-state index contributed by atoms with van der Waals surface area (Å²) in [6, 6.07) is 6.88. The number of rotatable bonds is 4. The van der Waals surface area contributed by atoms with Gasteiger partial charge in [-0.3, -0.25) is 4.79 Å². The molecule has 6 heteroatoms. The molecule has 138 valence electrons. The lowest BCUT2D eigenvalue weighted by Crippen LogP contribution is -2.50. The predicted octanol–water partition coefficient (Wildman–Crippen LogP) is 2.84. The van der Waals surface area contributed by atoms with Gasteiger partial charge in [0.15, 0.2) is 0 Å². The van der Waals surface area contributed by atoms with Gasteiger partial charge in [-0.2, -0.15) is 4.31 Å². The number of aryl methyl sites for hydroxylation is 1. The van der Waals surface area contributed by atoms with Crippen LogP contribution in [0.4, 0.5) is 0 Å². The first kappa shape index (κ1) is 18.4. The monoisotopic (exact) mass is 364 g/mol. The molecule has 0 spiro atoms. The Kier molecular flexibility index (Phi) is 5.79. The van der Waals surface area contributed by atoms with Gasteiger partial charge in [-0.15, -0.1) is 0 Å². The maximum Gasteiger partial charge on any atom is 0.243 e. The van der Waals surface area contributed by atoms with Gasteiger partial charge >= 0.3 is 0 Å². The van der Waals surface area contributed by atoms with E-state index >= 15 is 0 Å². The van der Waals surface area contributed by atoms with Crippen molar-refractivity contribution in [2.75, 3.05) is 13.1 Å². The van der Waals surface area contributed by atoms with Crippen LogP contribution in [0.5, 0.6) is 0 Å². The van der Waals surface area contributed by atoms with E-state index in [2.05, 4.69) is 5.32 Å². The molecule has 3 rings (SSSR count). The number of carbonyl (C=O) groups is 1. The summed E-state index contributed by atoms with van der Waals surface area (Å²) in [5.41, 5.74) is 1.04. The van der Waals surface area contributed by atoms with Crippen molar-refractivity contribution in [3.63, 3.8) is 0 Å². The molecular weight excluding hydrogens is 336 g/mol. The first-order valence-corrected chi connectivity index (χ1v) is 10.8. The highest BCUT2D eigenvalue weighted by atomic mass is 32.2. The lowest BCUT2D eigenvalue weighted by atomic mass is 9.88. The smallest absolute Gasteiger partial charge is 0.243 e. The van der Waals surface area contributed by atoms with Crippen molar-refractivity contribution in [3.8, 4) is 0 Å². The number of carbonyl (C=O) groups excluding carboxylic acids is 1. The summed E-state index contributed by atoms with van der Waals surface area (Å²) >= 11 is 0. The summed E-state index contributed by atoms with van der Waals surface area (Å²) < 4.78 is 27.2. The molecule has 1 aliphatic carbocycles. The molecule has 1 saturated heterocycles. The summed E-state index contributed by atoms with van der Waals surface area (Å²) in [5.74, 6) is 0.220. The normalized spacial score (nSPS) is 23.3. The maximum atomic E-state index is 12.8. The van der Waals surface area contributed by atoms with E-state index in [9.17, 15) is 13.2 Å². The second-order valence-corrected chi connectivity index (χ2v) is 9.30. The van der Waals surface area contributed by atoms with Crippen molar-refractivity contribution in [3.05, 3.63) is 29.8 Å². The van der Waals surface area contributed by atoms with E-state index in [0.29, 0.717) is 18.0 Å². The second-order valence-electron chi connectivity index (χ2n) is 7.36. The third-order valence-electron chi connectivity index (χ3n) is 5.37. The Morgan fingerprint density at radius 1 is 1.04 bits per heavy atom. The summed E-state index contributed by atoms with van der Waals surface area (Å²) in [6.45, 7) is 2.83. The van der Waals surface area contributed by atoms with Gasteiger partial charge in [-0.05, 0) is 44.7 Å². The molecule has 1 atom stereocenters. The molecule has 1 aromatic carbocycles. The number of sulfonamides is 1. The van der Waals surface area contributed by atoms with Crippen LogP contribution in [0.15, 0.2) is 29.2 Å². The Hall–Kier alpha value is -1.40. The van der Waals surface area contributed by atoms with Crippen LogP contribution in [-0.2, 0) is 14.8 Å². The van der Waals surface area contributed by atoms with Gasteiger partial charge in [0.2, 0.25) is 15.9 Å². The van der Waals surface area contributed by atoms with Crippen molar-refractivity contribution in [2.24, 2.45) is 5.92 Å². The molecule has 0 bridgehead atoms. The molecule has 1 unspecified atom stereocenters. The number of amides is 1. The number of benzene rings is 1. The molecule has 2 aliphatic rings. The van der Waals surface area contributed by atoms with Crippen molar-refractivity contribution >= 4 is 15.9 Å². The average molecular weight is 365 g/mol. The molecule has 1 aromatic rings.